The topological polar surface area (TPSA) is 117 Å². The van der Waals surface area contributed by atoms with Gasteiger partial charge in [0.25, 0.3) is 0 Å². The van der Waals surface area contributed by atoms with Crippen molar-refractivity contribution in [1.29, 1.82) is 0 Å². The molecule has 1 aliphatic carbocycles. The van der Waals surface area contributed by atoms with E-state index in [1.807, 2.05) is 24.3 Å². The molecule has 28 heavy (non-hydrogen) atoms. The average molecular weight is 378 g/mol. The molecular weight excluding hydrogens is 360 g/mol. The number of aromatic amines is 1. The number of ether oxygens (including phenoxy) is 1. The number of rotatable bonds is 6. The van der Waals surface area contributed by atoms with E-state index in [0.29, 0.717) is 5.82 Å². The molecule has 142 valence electrons. The van der Waals surface area contributed by atoms with Gasteiger partial charge in [-0.15, -0.1) is 0 Å². The molecule has 1 aromatic heterocycles. The van der Waals surface area contributed by atoms with Gasteiger partial charge in [0, 0.05) is 5.92 Å². The summed E-state index contributed by atoms with van der Waals surface area (Å²) in [5.74, 6) is -0.498. The molecule has 0 bridgehead atoms. The Kier molecular flexibility index (Phi) is 4.76. The standard InChI is InChI=1S/C20H18N4O4/c25-19(26)9-17-22-18(24-23-17)10-21-20(27)28-11-16-14-7-3-1-5-12(14)13-6-2-4-8-15(13)16/h1-8,16H,9-11H2,(H,21,27)(H,25,26)(H,22,23,24). The summed E-state index contributed by atoms with van der Waals surface area (Å²) in [5.41, 5.74) is 4.62. The second-order valence-electron chi connectivity index (χ2n) is 6.45. The van der Waals surface area contributed by atoms with Gasteiger partial charge in [0.15, 0.2) is 5.82 Å². The summed E-state index contributed by atoms with van der Waals surface area (Å²) in [7, 11) is 0. The number of alkyl carbamates (subject to hydrolysis) is 1. The molecule has 0 fully saturated rings. The van der Waals surface area contributed by atoms with Gasteiger partial charge >= 0.3 is 12.1 Å². The Labute approximate surface area is 160 Å². The van der Waals surface area contributed by atoms with Crippen LogP contribution >= 0.6 is 0 Å². The number of carboxylic acid groups (broad SMARTS) is 1. The molecule has 1 amide bonds. The second kappa shape index (κ2) is 7.51. The maximum Gasteiger partial charge on any atom is 0.407 e. The van der Waals surface area contributed by atoms with E-state index in [4.69, 9.17) is 9.84 Å². The number of aliphatic carboxylic acids is 1. The third kappa shape index (κ3) is 3.57. The molecule has 0 radical (unpaired) electrons. The Hall–Kier alpha value is -3.68. The van der Waals surface area contributed by atoms with Crippen molar-refractivity contribution in [3.05, 3.63) is 71.3 Å². The van der Waals surface area contributed by atoms with E-state index in [9.17, 15) is 9.59 Å². The molecular formula is C20H18N4O4. The van der Waals surface area contributed by atoms with E-state index in [2.05, 4.69) is 44.8 Å². The first kappa shape index (κ1) is 17.7. The molecule has 8 nitrogen and oxygen atoms in total. The smallest absolute Gasteiger partial charge is 0.407 e. The first-order chi connectivity index (χ1) is 13.6. The summed E-state index contributed by atoms with van der Waals surface area (Å²) in [4.78, 5) is 26.7. The quantitative estimate of drug-likeness (QED) is 0.607. The van der Waals surface area contributed by atoms with Gasteiger partial charge in [0.2, 0.25) is 0 Å². The number of carboxylic acids is 1. The van der Waals surface area contributed by atoms with Gasteiger partial charge < -0.3 is 15.2 Å². The average Bonchev–Trinajstić information content (AvgIpc) is 3.26. The highest BCUT2D eigenvalue weighted by Gasteiger charge is 2.28. The lowest BCUT2D eigenvalue weighted by molar-refractivity contribution is -0.136. The number of nitrogens with one attached hydrogen (secondary N) is 2. The number of benzene rings is 2. The number of fused-ring (bicyclic) bond motifs is 3. The molecule has 0 atom stereocenters. The Morgan fingerprint density at radius 3 is 2.36 bits per heavy atom. The van der Waals surface area contributed by atoms with Crippen LogP contribution in [0.2, 0.25) is 0 Å². The van der Waals surface area contributed by atoms with Gasteiger partial charge in [-0.25, -0.2) is 9.78 Å². The normalized spacial score (nSPS) is 12.3. The molecule has 3 N–H and O–H groups in total. The fraction of sp³-hybridized carbons (Fsp3) is 0.200. The fourth-order valence-corrected chi connectivity index (χ4v) is 3.43. The summed E-state index contributed by atoms with van der Waals surface area (Å²) in [6.07, 6.45) is -0.848. The molecule has 0 spiro atoms. The predicted octanol–water partition coefficient (Wildman–Crippen LogP) is 2.47. The molecule has 8 heteroatoms. The lowest BCUT2D eigenvalue weighted by atomic mass is 9.98. The summed E-state index contributed by atoms with van der Waals surface area (Å²) in [6.45, 7) is 0.295. The number of carbonyl (C=O) groups is 2. The van der Waals surface area contributed by atoms with E-state index in [1.165, 1.54) is 11.1 Å². The van der Waals surface area contributed by atoms with Gasteiger partial charge in [-0.1, -0.05) is 48.5 Å². The van der Waals surface area contributed by atoms with Crippen molar-refractivity contribution in [3.8, 4) is 11.1 Å². The van der Waals surface area contributed by atoms with Crippen LogP contribution in [0.4, 0.5) is 4.79 Å². The van der Waals surface area contributed by atoms with Crippen LogP contribution in [0, 0.1) is 0 Å². The number of nitrogens with zero attached hydrogens (tertiary/aromatic N) is 2. The number of hydrogen-bond donors (Lipinski definition) is 3. The first-order valence-corrected chi connectivity index (χ1v) is 8.82. The van der Waals surface area contributed by atoms with Crippen molar-refractivity contribution < 1.29 is 19.4 Å². The zero-order valence-electron chi connectivity index (χ0n) is 14.9. The lowest BCUT2D eigenvalue weighted by Crippen LogP contribution is -2.26. The third-order valence-electron chi connectivity index (χ3n) is 4.63. The number of hydrogen-bond acceptors (Lipinski definition) is 5. The zero-order valence-corrected chi connectivity index (χ0v) is 14.9. The summed E-state index contributed by atoms with van der Waals surface area (Å²) >= 11 is 0. The number of amides is 1. The lowest BCUT2D eigenvalue weighted by Gasteiger charge is -2.14. The van der Waals surface area contributed by atoms with Crippen LogP contribution in [0.1, 0.15) is 28.7 Å². The second-order valence-corrected chi connectivity index (χ2v) is 6.45. The molecule has 0 saturated carbocycles. The van der Waals surface area contributed by atoms with E-state index in [1.54, 1.807) is 0 Å². The SMILES string of the molecule is O=C(O)Cc1n[nH]c(CNC(=O)OCC2c3ccccc3-c3ccccc32)n1. The van der Waals surface area contributed by atoms with Gasteiger partial charge in [-0.05, 0) is 22.3 Å². The van der Waals surface area contributed by atoms with Crippen molar-refractivity contribution >= 4 is 12.1 Å². The molecule has 3 aromatic rings. The predicted molar refractivity (Wildman–Crippen MR) is 99.6 cm³/mol. The highest BCUT2D eigenvalue weighted by molar-refractivity contribution is 5.79. The van der Waals surface area contributed by atoms with Crippen molar-refractivity contribution in [3.63, 3.8) is 0 Å². The third-order valence-corrected chi connectivity index (χ3v) is 4.63. The van der Waals surface area contributed by atoms with Crippen LogP contribution in [-0.4, -0.2) is 39.0 Å². The van der Waals surface area contributed by atoms with E-state index in [-0.39, 0.29) is 31.3 Å². The minimum atomic E-state index is -1.02. The largest absolute Gasteiger partial charge is 0.481 e. The van der Waals surface area contributed by atoms with Crippen molar-refractivity contribution in [2.45, 2.75) is 18.9 Å². The Bertz CT molecular complexity index is 985. The van der Waals surface area contributed by atoms with Gasteiger partial charge in [0.1, 0.15) is 18.9 Å². The van der Waals surface area contributed by atoms with E-state index in [0.717, 1.165) is 11.1 Å². The minimum absolute atomic E-state index is 0.00870. The van der Waals surface area contributed by atoms with Gasteiger partial charge in [0.05, 0.1) is 6.54 Å². The Balaban J connectivity index is 1.36. The van der Waals surface area contributed by atoms with Crippen molar-refractivity contribution in [2.75, 3.05) is 6.61 Å². The molecule has 4 rings (SSSR count). The number of carbonyl (C=O) groups excluding carboxylic acids is 1. The molecule has 0 unspecified atom stereocenters. The molecule has 0 saturated heterocycles. The summed E-state index contributed by atoms with van der Waals surface area (Å²) in [5, 5.41) is 17.7. The maximum atomic E-state index is 12.1. The summed E-state index contributed by atoms with van der Waals surface area (Å²) in [6, 6.07) is 16.2. The molecule has 0 aliphatic heterocycles. The van der Waals surface area contributed by atoms with Crippen LogP contribution in [0.5, 0.6) is 0 Å². The van der Waals surface area contributed by atoms with E-state index >= 15 is 0 Å². The highest BCUT2D eigenvalue weighted by atomic mass is 16.5. The first-order valence-electron chi connectivity index (χ1n) is 8.82. The van der Waals surface area contributed by atoms with Crippen LogP contribution < -0.4 is 5.32 Å². The highest BCUT2D eigenvalue weighted by Crippen LogP contribution is 2.44. The Morgan fingerprint density at radius 1 is 1.07 bits per heavy atom. The van der Waals surface area contributed by atoms with Crippen LogP contribution in [0.25, 0.3) is 11.1 Å². The summed E-state index contributed by atoms with van der Waals surface area (Å²) < 4.78 is 5.43. The maximum absolute atomic E-state index is 12.1. The Morgan fingerprint density at radius 2 is 1.71 bits per heavy atom. The molecule has 1 heterocycles. The molecule has 2 aromatic carbocycles. The zero-order chi connectivity index (χ0) is 19.5. The fourth-order valence-electron chi connectivity index (χ4n) is 3.43. The van der Waals surface area contributed by atoms with E-state index < -0.39 is 12.1 Å². The van der Waals surface area contributed by atoms with Gasteiger partial charge in [-0.3, -0.25) is 9.89 Å². The van der Waals surface area contributed by atoms with Crippen LogP contribution in [0.15, 0.2) is 48.5 Å². The van der Waals surface area contributed by atoms with Gasteiger partial charge in [-0.2, -0.15) is 5.10 Å². The van der Waals surface area contributed by atoms with Crippen molar-refractivity contribution in [1.82, 2.24) is 20.5 Å². The number of H-pyrrole nitrogens is 1. The van der Waals surface area contributed by atoms with Crippen LogP contribution in [-0.2, 0) is 22.5 Å². The van der Waals surface area contributed by atoms with Crippen molar-refractivity contribution in [2.24, 2.45) is 0 Å². The number of aromatic nitrogens is 3. The molecule has 1 aliphatic rings. The monoisotopic (exact) mass is 378 g/mol. The minimum Gasteiger partial charge on any atom is -0.481 e. The van der Waals surface area contributed by atoms with Crippen LogP contribution in [0.3, 0.4) is 0 Å².